The van der Waals surface area contributed by atoms with E-state index < -0.39 is 0 Å². The summed E-state index contributed by atoms with van der Waals surface area (Å²) in [6.45, 7) is 5.90. The van der Waals surface area contributed by atoms with Gasteiger partial charge in [0.05, 0.1) is 0 Å². The molecule has 104 valence electrons. The standard InChI is InChI=1S/C19H24N/c1-4-18(15-8-6-5-7-9-15)20-13-14-10-16-12-17(11-14)19(16,2)3/h5-9,14,16-18,20H,10-13H2,2-3H3/q+1/t14?,16-,17+,18?. The molecular weight excluding hydrogens is 242 g/mol. The van der Waals surface area contributed by atoms with Crippen molar-refractivity contribution in [3.8, 4) is 5.92 Å². The van der Waals surface area contributed by atoms with Crippen molar-refractivity contribution >= 4 is 0 Å². The number of nitrogens with one attached hydrogen (secondary N) is 1. The Morgan fingerprint density at radius 1 is 1.20 bits per heavy atom. The minimum absolute atomic E-state index is 0.0533. The van der Waals surface area contributed by atoms with Crippen LogP contribution in [-0.4, -0.2) is 6.54 Å². The third-order valence-corrected chi connectivity index (χ3v) is 5.80. The summed E-state index contributed by atoms with van der Waals surface area (Å²) in [6.07, 6.45) is 11.7. The average Bonchev–Trinajstić information content (AvgIpc) is 2.49. The fourth-order valence-electron chi connectivity index (χ4n) is 4.17. The van der Waals surface area contributed by atoms with Crippen LogP contribution >= 0.6 is 0 Å². The summed E-state index contributed by atoms with van der Waals surface area (Å²) in [5.74, 6) is 5.27. The SMILES string of the molecule is [C+]#CC(NCC1C[C@@H]2C[C@H](C1)C2(C)C)c1ccccc1. The van der Waals surface area contributed by atoms with Crippen LogP contribution < -0.4 is 5.32 Å². The van der Waals surface area contributed by atoms with Gasteiger partial charge in [-0.1, -0.05) is 0 Å². The normalized spacial score (nSPS) is 32.1. The van der Waals surface area contributed by atoms with Crippen molar-refractivity contribution in [3.63, 3.8) is 0 Å². The number of fused-ring (bicyclic) bond motifs is 2. The predicted molar refractivity (Wildman–Crippen MR) is 82.4 cm³/mol. The summed E-state index contributed by atoms with van der Waals surface area (Å²) in [5, 5.41) is 3.53. The second-order valence-corrected chi connectivity index (χ2v) is 7.18. The second kappa shape index (κ2) is 5.39. The van der Waals surface area contributed by atoms with E-state index in [1.54, 1.807) is 0 Å². The van der Waals surface area contributed by atoms with E-state index in [0.29, 0.717) is 5.41 Å². The van der Waals surface area contributed by atoms with Gasteiger partial charge >= 0.3 is 122 Å². The summed E-state index contributed by atoms with van der Waals surface area (Å²) in [5.41, 5.74) is 1.73. The van der Waals surface area contributed by atoms with Gasteiger partial charge in [0.25, 0.3) is 0 Å². The zero-order valence-electron chi connectivity index (χ0n) is 12.5. The molecule has 1 N–H and O–H groups in total. The average molecular weight is 266 g/mol. The van der Waals surface area contributed by atoms with Crippen molar-refractivity contribution in [3.05, 3.63) is 42.3 Å². The van der Waals surface area contributed by atoms with Gasteiger partial charge in [0.2, 0.25) is 0 Å². The Morgan fingerprint density at radius 2 is 1.85 bits per heavy atom. The van der Waals surface area contributed by atoms with E-state index in [9.17, 15) is 0 Å². The van der Waals surface area contributed by atoms with Crippen LogP contribution in [0.3, 0.4) is 0 Å². The third-order valence-electron chi connectivity index (χ3n) is 5.80. The first-order valence-electron chi connectivity index (χ1n) is 7.82. The Labute approximate surface area is 123 Å². The Morgan fingerprint density at radius 3 is 2.40 bits per heavy atom. The Balaban J connectivity index is 1.54. The van der Waals surface area contributed by atoms with E-state index >= 15 is 0 Å². The molecule has 1 aromatic carbocycles. The van der Waals surface area contributed by atoms with Gasteiger partial charge in [-0.25, -0.2) is 0 Å². The topological polar surface area (TPSA) is 12.0 Å². The molecule has 1 heteroatoms. The maximum absolute atomic E-state index is 7.51. The molecule has 0 aromatic heterocycles. The number of hydrogen-bond donors (Lipinski definition) is 1. The Hall–Kier alpha value is -1.04. The monoisotopic (exact) mass is 266 g/mol. The number of benzene rings is 1. The molecule has 0 aliphatic heterocycles. The molecule has 4 atom stereocenters. The van der Waals surface area contributed by atoms with Crippen LogP contribution in [0.15, 0.2) is 30.3 Å². The van der Waals surface area contributed by atoms with E-state index in [1.165, 1.54) is 19.3 Å². The van der Waals surface area contributed by atoms with Gasteiger partial charge in [-0.15, -0.1) is 0 Å². The first kappa shape index (κ1) is 13.9. The van der Waals surface area contributed by atoms with Crippen molar-refractivity contribution in [1.29, 1.82) is 0 Å². The van der Waals surface area contributed by atoms with Crippen LogP contribution in [0.4, 0.5) is 0 Å². The van der Waals surface area contributed by atoms with Gasteiger partial charge in [-0.05, 0) is 0 Å². The van der Waals surface area contributed by atoms with Gasteiger partial charge in [-0.3, -0.25) is 0 Å². The molecule has 0 amide bonds. The summed E-state index contributed by atoms with van der Waals surface area (Å²) >= 11 is 0. The molecule has 2 bridgehead atoms. The number of hydrogen-bond acceptors (Lipinski definition) is 1. The molecule has 3 saturated carbocycles. The molecule has 2 unspecified atom stereocenters. The molecule has 0 saturated heterocycles. The Kier molecular flexibility index (Phi) is 3.75. The first-order chi connectivity index (χ1) is 9.61. The van der Waals surface area contributed by atoms with Crippen LogP contribution in [0.5, 0.6) is 0 Å². The molecule has 3 aliphatic carbocycles. The van der Waals surface area contributed by atoms with Crippen LogP contribution in [-0.2, 0) is 0 Å². The zero-order chi connectivity index (χ0) is 14.2. The summed E-state index contributed by atoms with van der Waals surface area (Å²) in [6, 6.07) is 10.2. The van der Waals surface area contributed by atoms with Crippen molar-refractivity contribution in [2.45, 2.75) is 39.2 Å². The zero-order valence-corrected chi connectivity index (χ0v) is 12.5. The maximum atomic E-state index is 7.51. The van der Waals surface area contributed by atoms with Gasteiger partial charge in [0, 0.05) is 0 Å². The second-order valence-electron chi connectivity index (χ2n) is 7.18. The first-order valence-corrected chi connectivity index (χ1v) is 7.82. The fourth-order valence-corrected chi connectivity index (χ4v) is 4.17. The summed E-state index contributed by atoms with van der Waals surface area (Å²) in [4.78, 5) is 0. The van der Waals surface area contributed by atoms with Gasteiger partial charge in [0.1, 0.15) is 0 Å². The molecule has 1 nitrogen and oxygen atoms in total. The fraction of sp³-hybridized carbons (Fsp3) is 0.579. The van der Waals surface area contributed by atoms with Crippen molar-refractivity contribution in [2.24, 2.45) is 23.2 Å². The van der Waals surface area contributed by atoms with Gasteiger partial charge in [0.15, 0.2) is 0 Å². The van der Waals surface area contributed by atoms with Crippen LogP contribution in [0.2, 0.25) is 0 Å². The number of rotatable bonds is 4. The molecule has 3 aliphatic rings. The van der Waals surface area contributed by atoms with Crippen molar-refractivity contribution < 1.29 is 0 Å². The minimum atomic E-state index is -0.0533. The molecule has 0 radical (unpaired) electrons. The van der Waals surface area contributed by atoms with E-state index in [0.717, 1.165) is 29.9 Å². The molecule has 3 fully saturated rings. The van der Waals surface area contributed by atoms with E-state index in [-0.39, 0.29) is 6.04 Å². The molecular formula is C19H24N+. The van der Waals surface area contributed by atoms with E-state index in [2.05, 4.69) is 37.2 Å². The van der Waals surface area contributed by atoms with Gasteiger partial charge < -0.3 is 0 Å². The summed E-state index contributed by atoms with van der Waals surface area (Å²) < 4.78 is 0. The van der Waals surface area contributed by atoms with Crippen molar-refractivity contribution in [2.75, 3.05) is 6.54 Å². The summed E-state index contributed by atoms with van der Waals surface area (Å²) in [7, 11) is 0. The van der Waals surface area contributed by atoms with Gasteiger partial charge in [-0.2, -0.15) is 0 Å². The Bertz CT molecular complexity index is 482. The van der Waals surface area contributed by atoms with E-state index in [1.807, 2.05) is 18.2 Å². The molecule has 0 heterocycles. The third kappa shape index (κ3) is 2.45. The molecule has 1 aromatic rings. The van der Waals surface area contributed by atoms with E-state index in [4.69, 9.17) is 6.42 Å². The van der Waals surface area contributed by atoms with Crippen LogP contribution in [0.25, 0.3) is 0 Å². The molecule has 20 heavy (non-hydrogen) atoms. The molecule has 0 spiro atoms. The molecule has 4 rings (SSSR count). The van der Waals surface area contributed by atoms with Crippen molar-refractivity contribution in [1.82, 2.24) is 5.32 Å². The predicted octanol–water partition coefficient (Wildman–Crippen LogP) is 3.98. The quantitative estimate of drug-likeness (QED) is 0.642. The van der Waals surface area contributed by atoms with Crippen LogP contribution in [0, 0.1) is 35.5 Å². The van der Waals surface area contributed by atoms with Crippen LogP contribution in [0.1, 0.15) is 44.7 Å².